The predicted octanol–water partition coefficient (Wildman–Crippen LogP) is 2.63. The number of imidazole rings is 1. The summed E-state index contributed by atoms with van der Waals surface area (Å²) in [4.78, 5) is 24.6. The molecule has 0 amide bonds. The normalized spacial score (nSPS) is 26.4. The van der Waals surface area contributed by atoms with Crippen molar-refractivity contribution >= 4 is 36.6 Å². The lowest BCUT2D eigenvalue weighted by Gasteiger charge is -2.27. The first-order chi connectivity index (χ1) is 19.3. The fraction of sp³-hybridized carbons (Fsp3) is 0.462. The maximum atomic E-state index is 16.4. The van der Waals surface area contributed by atoms with Gasteiger partial charge in [0.15, 0.2) is 11.5 Å². The number of terminal acetylenes is 1. The Morgan fingerprint density at radius 1 is 1.29 bits per heavy atom. The van der Waals surface area contributed by atoms with Crippen molar-refractivity contribution in [1.29, 1.82) is 0 Å². The molecule has 0 saturated heterocycles. The second-order valence-corrected chi connectivity index (χ2v) is 11.8. The van der Waals surface area contributed by atoms with Crippen LogP contribution in [0, 0.1) is 24.2 Å². The zero-order valence-electron chi connectivity index (χ0n) is 23.0. The number of carbonyl (C=O) groups excluding carboxylic acids is 1. The number of aromatic nitrogens is 4. The Balaban J connectivity index is 1.63. The average molecular weight is 590 g/mol. The molecule has 3 aromatic rings. The van der Waals surface area contributed by atoms with E-state index in [1.165, 1.54) is 17.8 Å². The van der Waals surface area contributed by atoms with Crippen LogP contribution in [0.5, 0.6) is 5.75 Å². The number of nitrogens with zero attached hydrogens (tertiary/aromatic N) is 4. The molecule has 15 heteroatoms. The monoisotopic (exact) mass is 589 g/mol. The van der Waals surface area contributed by atoms with Gasteiger partial charge in [-0.25, -0.2) is 13.9 Å². The molecule has 6 N–H and O–H groups in total. The van der Waals surface area contributed by atoms with Gasteiger partial charge in [-0.15, -0.1) is 6.42 Å². The Labute approximate surface area is 236 Å². The topological polar surface area (TPSA) is 190 Å². The summed E-state index contributed by atoms with van der Waals surface area (Å²) < 4.78 is 48.3. The van der Waals surface area contributed by atoms with Gasteiger partial charge in [-0.3, -0.25) is 9.32 Å². The fourth-order valence-corrected chi connectivity index (χ4v) is 6.47. The lowest BCUT2D eigenvalue weighted by molar-refractivity contribution is -0.149. The van der Waals surface area contributed by atoms with E-state index < -0.39 is 62.1 Å². The summed E-state index contributed by atoms with van der Waals surface area (Å²) in [7, 11) is -4.29. The smallest absolute Gasteiger partial charge is 0.459 e. The van der Waals surface area contributed by atoms with Crippen molar-refractivity contribution in [3.05, 3.63) is 36.7 Å². The van der Waals surface area contributed by atoms with E-state index >= 15 is 4.39 Å². The number of ether oxygens (including phenoxy) is 1. The zero-order chi connectivity index (χ0) is 30.1. The van der Waals surface area contributed by atoms with Crippen LogP contribution in [0.2, 0.25) is 0 Å². The molecule has 0 spiro atoms. The molecule has 1 saturated carbocycles. The highest BCUT2D eigenvalue weighted by atomic mass is 31.2. The van der Waals surface area contributed by atoms with Crippen molar-refractivity contribution in [2.45, 2.75) is 57.7 Å². The summed E-state index contributed by atoms with van der Waals surface area (Å²) in [6.45, 7) is 5.98. The number of nitrogen functional groups attached to an aromatic ring is 2. The van der Waals surface area contributed by atoms with E-state index in [0.29, 0.717) is 0 Å². The molecule has 220 valence electrons. The van der Waals surface area contributed by atoms with Crippen LogP contribution < -0.4 is 21.1 Å². The van der Waals surface area contributed by atoms with Crippen LogP contribution in [0.3, 0.4) is 0 Å². The van der Waals surface area contributed by atoms with Crippen LogP contribution in [0.4, 0.5) is 16.2 Å². The minimum absolute atomic E-state index is 0.00214. The van der Waals surface area contributed by atoms with Crippen molar-refractivity contribution in [2.75, 3.05) is 18.1 Å². The second-order valence-electron chi connectivity index (χ2n) is 10.2. The highest BCUT2D eigenvalue weighted by molar-refractivity contribution is 7.52. The molecule has 1 fully saturated rings. The van der Waals surface area contributed by atoms with Gasteiger partial charge in [0.05, 0.1) is 25.1 Å². The van der Waals surface area contributed by atoms with E-state index in [-0.39, 0.29) is 28.7 Å². The maximum Gasteiger partial charge on any atom is 0.459 e. The first kappa shape index (κ1) is 30.2. The molecule has 0 bridgehead atoms. The van der Waals surface area contributed by atoms with Gasteiger partial charge in [0.1, 0.15) is 23.4 Å². The van der Waals surface area contributed by atoms with Gasteiger partial charge in [0, 0.05) is 5.92 Å². The number of halogens is 1. The molecule has 1 aliphatic rings. The Kier molecular flexibility index (Phi) is 8.56. The molecule has 0 aliphatic heterocycles. The third-order valence-electron chi connectivity index (χ3n) is 6.89. The van der Waals surface area contributed by atoms with E-state index in [9.17, 15) is 14.5 Å². The zero-order valence-corrected chi connectivity index (χ0v) is 23.9. The standard InChI is InChI=1S/C26H33FN7O6P/c1-6-26(27)20(34-13-30-19-22(28)31-25(29)32-23(19)34)15(4)18(21(26)35)12-38-41(37,40-17-10-8-7-9-11-17)33-16(5)24(36)39-14(2)3/h1,7-11,13-16,18,20-21,35H,12H2,2-5H3,(H,33,37)(H4,28,29,31,32)/t15-,16+,18+,20-,21-,26+,41+/m1/s1. The van der Waals surface area contributed by atoms with Crippen LogP contribution in [-0.4, -0.2) is 61.1 Å². The highest BCUT2D eigenvalue weighted by Crippen LogP contribution is 2.53. The number of para-hydroxylation sites is 1. The number of rotatable bonds is 10. The van der Waals surface area contributed by atoms with E-state index in [1.54, 1.807) is 51.1 Å². The van der Waals surface area contributed by atoms with Crippen molar-refractivity contribution in [3.8, 4) is 18.1 Å². The number of hydrogen-bond donors (Lipinski definition) is 4. The molecule has 0 unspecified atom stereocenters. The number of anilines is 2. The largest absolute Gasteiger partial charge is 0.462 e. The Hall–Kier alpha value is -3.76. The molecular formula is C26H33FN7O6P. The Morgan fingerprint density at radius 2 is 1.98 bits per heavy atom. The van der Waals surface area contributed by atoms with Crippen LogP contribution in [-0.2, 0) is 18.6 Å². The lowest BCUT2D eigenvalue weighted by Crippen LogP contribution is -2.41. The number of nitrogens with two attached hydrogens (primary N) is 2. The number of hydrogen-bond acceptors (Lipinski definition) is 11. The molecule has 4 rings (SSSR count). The lowest BCUT2D eigenvalue weighted by atomic mass is 9.94. The van der Waals surface area contributed by atoms with Crippen LogP contribution in [0.1, 0.15) is 33.7 Å². The van der Waals surface area contributed by atoms with Gasteiger partial charge in [0.25, 0.3) is 0 Å². The predicted molar refractivity (Wildman–Crippen MR) is 149 cm³/mol. The van der Waals surface area contributed by atoms with Gasteiger partial charge in [-0.05, 0) is 38.8 Å². The minimum Gasteiger partial charge on any atom is -0.462 e. The van der Waals surface area contributed by atoms with Crippen molar-refractivity contribution in [2.24, 2.45) is 11.8 Å². The molecule has 1 aliphatic carbocycles. The van der Waals surface area contributed by atoms with Crippen molar-refractivity contribution in [1.82, 2.24) is 24.6 Å². The van der Waals surface area contributed by atoms with Crippen LogP contribution in [0.15, 0.2) is 36.7 Å². The van der Waals surface area contributed by atoms with Gasteiger partial charge in [-0.2, -0.15) is 15.1 Å². The molecule has 2 aromatic heterocycles. The first-order valence-electron chi connectivity index (χ1n) is 12.9. The number of alkyl halides is 1. The fourth-order valence-electron chi connectivity index (χ4n) is 4.94. The van der Waals surface area contributed by atoms with Crippen LogP contribution >= 0.6 is 7.75 Å². The number of fused-ring (bicyclic) bond motifs is 1. The summed E-state index contributed by atoms with van der Waals surface area (Å²) in [5, 5.41) is 13.7. The van der Waals surface area contributed by atoms with Gasteiger partial charge < -0.3 is 30.4 Å². The molecule has 1 aromatic carbocycles. The van der Waals surface area contributed by atoms with E-state index in [1.807, 2.05) is 0 Å². The van der Waals surface area contributed by atoms with Crippen LogP contribution in [0.25, 0.3) is 11.2 Å². The van der Waals surface area contributed by atoms with Gasteiger partial charge in [-0.1, -0.05) is 31.0 Å². The second kappa shape index (κ2) is 11.6. The number of carbonyl (C=O) groups is 1. The van der Waals surface area contributed by atoms with Gasteiger partial charge >= 0.3 is 13.7 Å². The van der Waals surface area contributed by atoms with Gasteiger partial charge in [0.2, 0.25) is 11.6 Å². The highest BCUT2D eigenvalue weighted by Gasteiger charge is 2.60. The van der Waals surface area contributed by atoms with E-state index in [4.69, 9.17) is 31.7 Å². The summed E-state index contributed by atoms with van der Waals surface area (Å²) in [6.07, 6.45) is 4.75. The molecule has 41 heavy (non-hydrogen) atoms. The average Bonchev–Trinajstić information content (AvgIpc) is 3.39. The molecule has 0 radical (unpaired) electrons. The summed E-state index contributed by atoms with van der Waals surface area (Å²) in [6, 6.07) is 5.87. The number of nitrogens with one attached hydrogen (secondary N) is 1. The quantitative estimate of drug-likeness (QED) is 0.154. The SMILES string of the molecule is C#C[C@@]1(F)[C@H](O)[C@@H](CO[P@@](=O)(N[C@@H](C)C(=O)OC(C)C)Oc2ccccc2)[C@@H](C)[C@H]1n1cnc2c(N)nc(N)nc21. The van der Waals surface area contributed by atoms with Crippen molar-refractivity contribution in [3.63, 3.8) is 0 Å². The third-order valence-corrected chi connectivity index (χ3v) is 8.53. The third kappa shape index (κ3) is 5.99. The van der Waals surface area contributed by atoms with E-state index in [2.05, 4.69) is 26.0 Å². The summed E-state index contributed by atoms with van der Waals surface area (Å²) in [5.41, 5.74) is 9.38. The Morgan fingerprint density at radius 3 is 2.61 bits per heavy atom. The summed E-state index contributed by atoms with van der Waals surface area (Å²) in [5.74, 6) is -0.262. The number of esters is 1. The first-order valence-corrected chi connectivity index (χ1v) is 14.4. The number of benzene rings is 1. The molecule has 13 nitrogen and oxygen atoms in total. The molecular weight excluding hydrogens is 556 g/mol. The minimum atomic E-state index is -4.29. The van der Waals surface area contributed by atoms with Crippen molar-refractivity contribution < 1.29 is 32.6 Å². The maximum absolute atomic E-state index is 16.4. The summed E-state index contributed by atoms with van der Waals surface area (Å²) >= 11 is 0. The molecule has 2 heterocycles. The number of aliphatic hydroxyl groups is 1. The van der Waals surface area contributed by atoms with E-state index in [0.717, 1.165) is 0 Å². The molecule has 7 atom stereocenters. The Bertz CT molecular complexity index is 1500. The number of aliphatic hydroxyl groups excluding tert-OH is 1.